The Bertz CT molecular complexity index is 1000. The fourth-order valence-electron chi connectivity index (χ4n) is 8.90. The van der Waals surface area contributed by atoms with E-state index in [1.54, 1.807) is 0 Å². The Kier molecular flexibility index (Phi) is 8.28. The van der Waals surface area contributed by atoms with Crippen LogP contribution in [-0.2, 0) is 28.7 Å². The lowest BCUT2D eigenvalue weighted by Crippen LogP contribution is -2.63. The van der Waals surface area contributed by atoms with Crippen molar-refractivity contribution in [2.24, 2.45) is 34.5 Å². The molecule has 3 saturated carbocycles. The van der Waals surface area contributed by atoms with Gasteiger partial charge in [0.2, 0.25) is 5.78 Å². The van der Waals surface area contributed by atoms with Crippen molar-refractivity contribution in [2.45, 2.75) is 117 Å². The van der Waals surface area contributed by atoms with Crippen LogP contribution < -0.4 is 0 Å². The molecule has 7 heteroatoms. The molecule has 0 aliphatic heterocycles. The Morgan fingerprint density at radius 2 is 1.82 bits per heavy atom. The van der Waals surface area contributed by atoms with Crippen LogP contribution in [0, 0.1) is 34.5 Å². The van der Waals surface area contributed by atoms with Gasteiger partial charge in [-0.1, -0.05) is 46.6 Å². The molecule has 0 spiro atoms. The van der Waals surface area contributed by atoms with E-state index < -0.39 is 35.7 Å². The normalized spacial score (nSPS) is 39.9. The molecule has 0 unspecified atom stereocenters. The zero-order valence-corrected chi connectivity index (χ0v) is 23.8. The molecule has 0 aromatic heterocycles. The lowest BCUT2D eigenvalue weighted by Gasteiger charge is -2.62. The molecular formula is C31H46O7. The molecule has 4 aliphatic rings. The van der Waals surface area contributed by atoms with Crippen molar-refractivity contribution >= 4 is 23.5 Å². The molecule has 3 fully saturated rings. The van der Waals surface area contributed by atoms with Crippen molar-refractivity contribution in [1.82, 2.24) is 0 Å². The lowest BCUT2D eigenvalue weighted by atomic mass is 9.44. The van der Waals surface area contributed by atoms with Crippen LogP contribution in [0.2, 0.25) is 0 Å². The number of carbonyl (C=O) groups is 4. The van der Waals surface area contributed by atoms with Crippen LogP contribution >= 0.6 is 0 Å². The first kappa shape index (κ1) is 29.0. The predicted octanol–water partition coefficient (Wildman–Crippen LogP) is 5.12. The van der Waals surface area contributed by atoms with Crippen molar-refractivity contribution in [3.63, 3.8) is 0 Å². The minimum absolute atomic E-state index is 0.0137. The number of aliphatic hydroxyl groups excluding tert-OH is 1. The summed E-state index contributed by atoms with van der Waals surface area (Å²) in [5, 5.41) is 11.8. The molecule has 0 aromatic carbocycles. The molecule has 0 saturated heterocycles. The second-order valence-electron chi connectivity index (χ2n) is 12.9. The van der Waals surface area contributed by atoms with Gasteiger partial charge in [-0.3, -0.25) is 19.2 Å². The Morgan fingerprint density at radius 1 is 1.08 bits per heavy atom. The number of unbranched alkanes of at least 4 members (excludes halogenated alkanes) is 1. The molecule has 38 heavy (non-hydrogen) atoms. The van der Waals surface area contributed by atoms with E-state index in [0.29, 0.717) is 38.5 Å². The Hall–Kier alpha value is -2.02. The topological polar surface area (TPSA) is 107 Å². The number of rotatable bonds is 9. The summed E-state index contributed by atoms with van der Waals surface area (Å²) in [5.41, 5.74) is -1.30. The number of Topliss-reactive ketones (excluding diaryl/α,β-unsaturated/α-hetero) is 1. The molecule has 0 amide bonds. The van der Waals surface area contributed by atoms with Crippen molar-refractivity contribution in [2.75, 3.05) is 6.61 Å². The Labute approximate surface area is 227 Å². The van der Waals surface area contributed by atoms with Gasteiger partial charge in [-0.05, 0) is 80.1 Å². The van der Waals surface area contributed by atoms with Crippen LogP contribution in [-0.4, -0.2) is 46.9 Å². The molecular weight excluding hydrogens is 484 g/mol. The first-order valence-electron chi connectivity index (χ1n) is 14.8. The molecule has 0 aromatic rings. The number of allylic oxidation sites excluding steroid dienone is 1. The van der Waals surface area contributed by atoms with E-state index in [2.05, 4.69) is 13.8 Å². The number of ketones is 2. The number of hydrogen-bond acceptors (Lipinski definition) is 7. The summed E-state index contributed by atoms with van der Waals surface area (Å²) in [5.74, 6) is -0.644. The van der Waals surface area contributed by atoms with Crippen LogP contribution in [0.3, 0.4) is 0 Å². The maximum atomic E-state index is 13.9. The average molecular weight is 531 g/mol. The second kappa shape index (κ2) is 10.9. The monoisotopic (exact) mass is 530 g/mol. The maximum Gasteiger partial charge on any atom is 0.306 e. The quantitative estimate of drug-likeness (QED) is 0.412. The SMILES string of the molecule is CCCCC(=O)OCC(=O)[C@@]1(OC(=O)CCC)CC[C@H]2[C@@H]3C[C@H](C)C4=CC(=O)CC[C@]4(C)[C@H]3[C@@H](O)C[C@@]21C. The second-order valence-corrected chi connectivity index (χ2v) is 12.9. The first-order chi connectivity index (χ1) is 17.9. The van der Waals surface area contributed by atoms with Crippen molar-refractivity contribution in [1.29, 1.82) is 0 Å². The largest absolute Gasteiger partial charge is 0.457 e. The van der Waals surface area contributed by atoms with Gasteiger partial charge >= 0.3 is 11.9 Å². The van der Waals surface area contributed by atoms with Crippen LogP contribution in [0.4, 0.5) is 0 Å². The first-order valence-corrected chi connectivity index (χ1v) is 14.8. The minimum atomic E-state index is -1.43. The Balaban J connectivity index is 1.68. The van der Waals surface area contributed by atoms with Gasteiger partial charge in [-0.25, -0.2) is 0 Å². The predicted molar refractivity (Wildman–Crippen MR) is 142 cm³/mol. The molecule has 4 rings (SSSR count). The third-order valence-electron chi connectivity index (χ3n) is 10.6. The van der Waals surface area contributed by atoms with Gasteiger partial charge in [0.1, 0.15) is 0 Å². The standard InChI is InChI=1S/C31H46O7/c1-6-8-10-26(35)37-18-25(34)31(38-27(36)9-7-2)14-12-22-21-15-19(3)23-16-20(32)11-13-29(23,4)28(21)24(33)17-30(22,31)5/h16,19,21-22,24,28,33H,6-15,17-18H2,1-5H3/t19-,21-,22-,24-,28+,29-,30-,31-/m0/s1. The van der Waals surface area contributed by atoms with Gasteiger partial charge in [0.05, 0.1) is 6.10 Å². The highest BCUT2D eigenvalue weighted by atomic mass is 16.6. The molecule has 0 bridgehead atoms. The van der Waals surface area contributed by atoms with Gasteiger partial charge in [-0.15, -0.1) is 0 Å². The van der Waals surface area contributed by atoms with Crippen molar-refractivity contribution in [3.05, 3.63) is 11.6 Å². The van der Waals surface area contributed by atoms with E-state index >= 15 is 0 Å². The lowest BCUT2D eigenvalue weighted by molar-refractivity contribution is -0.204. The number of esters is 2. The Morgan fingerprint density at radius 3 is 2.50 bits per heavy atom. The summed E-state index contributed by atoms with van der Waals surface area (Å²) in [6.45, 7) is 9.83. The van der Waals surface area contributed by atoms with Gasteiger partial charge in [0.25, 0.3) is 0 Å². The third-order valence-corrected chi connectivity index (χ3v) is 10.6. The minimum Gasteiger partial charge on any atom is -0.457 e. The van der Waals surface area contributed by atoms with Gasteiger partial charge < -0.3 is 14.6 Å². The third kappa shape index (κ3) is 4.67. The zero-order valence-electron chi connectivity index (χ0n) is 23.8. The highest BCUT2D eigenvalue weighted by molar-refractivity contribution is 5.93. The molecule has 4 aliphatic carbocycles. The number of carbonyl (C=O) groups excluding carboxylic acids is 4. The fraction of sp³-hybridized carbons (Fsp3) is 0.806. The maximum absolute atomic E-state index is 13.9. The number of ether oxygens (including phenoxy) is 2. The summed E-state index contributed by atoms with van der Waals surface area (Å²) >= 11 is 0. The molecule has 0 radical (unpaired) electrons. The number of fused-ring (bicyclic) bond motifs is 5. The fourth-order valence-corrected chi connectivity index (χ4v) is 8.90. The molecule has 1 N–H and O–H groups in total. The van der Waals surface area contributed by atoms with Gasteiger partial charge in [0.15, 0.2) is 18.0 Å². The van der Waals surface area contributed by atoms with E-state index in [9.17, 15) is 24.3 Å². The number of hydrogen-bond donors (Lipinski definition) is 1. The summed E-state index contributed by atoms with van der Waals surface area (Å²) < 4.78 is 11.5. The highest BCUT2D eigenvalue weighted by Gasteiger charge is 2.71. The van der Waals surface area contributed by atoms with Crippen LogP contribution in [0.1, 0.15) is 105 Å². The van der Waals surface area contributed by atoms with Crippen LogP contribution in [0.5, 0.6) is 0 Å². The van der Waals surface area contributed by atoms with E-state index in [1.807, 2.05) is 26.8 Å². The summed E-state index contributed by atoms with van der Waals surface area (Å²) in [4.78, 5) is 51.4. The van der Waals surface area contributed by atoms with E-state index in [4.69, 9.17) is 9.47 Å². The van der Waals surface area contributed by atoms with Gasteiger partial charge in [-0.2, -0.15) is 0 Å². The van der Waals surface area contributed by atoms with E-state index in [0.717, 1.165) is 24.8 Å². The van der Waals surface area contributed by atoms with E-state index in [1.165, 1.54) is 0 Å². The van der Waals surface area contributed by atoms with Crippen LogP contribution in [0.15, 0.2) is 11.6 Å². The summed E-state index contributed by atoms with van der Waals surface area (Å²) in [7, 11) is 0. The molecule has 212 valence electrons. The van der Waals surface area contributed by atoms with Crippen molar-refractivity contribution in [3.8, 4) is 0 Å². The number of aliphatic hydroxyl groups is 1. The van der Waals surface area contributed by atoms with E-state index in [-0.39, 0.29) is 53.5 Å². The molecule has 8 atom stereocenters. The highest BCUT2D eigenvalue weighted by Crippen LogP contribution is 2.69. The van der Waals surface area contributed by atoms with Gasteiger partial charge in [0, 0.05) is 24.7 Å². The smallest absolute Gasteiger partial charge is 0.306 e. The molecule has 7 nitrogen and oxygen atoms in total. The van der Waals surface area contributed by atoms with Crippen molar-refractivity contribution < 1.29 is 33.8 Å². The average Bonchev–Trinajstić information content (AvgIpc) is 3.14. The zero-order chi connectivity index (χ0) is 27.9. The summed E-state index contributed by atoms with van der Waals surface area (Å²) in [6.07, 6.45) is 7.20. The summed E-state index contributed by atoms with van der Waals surface area (Å²) in [6, 6.07) is 0. The molecule has 0 heterocycles. The van der Waals surface area contributed by atoms with Crippen LogP contribution in [0.25, 0.3) is 0 Å².